The summed E-state index contributed by atoms with van der Waals surface area (Å²) in [6.07, 6.45) is 1.85. The molecule has 9 rings (SSSR count). The van der Waals surface area contributed by atoms with Gasteiger partial charge in [-0.25, -0.2) is 0 Å². The molecular formula is C49H35NOS. The zero-order valence-electron chi connectivity index (χ0n) is 28.6. The Labute approximate surface area is 309 Å². The fraction of sp³-hybridized carbons (Fsp3) is 0.0204. The summed E-state index contributed by atoms with van der Waals surface area (Å²) < 4.78 is 6.17. The smallest absolute Gasteiger partial charge is 0.119 e. The predicted octanol–water partition coefficient (Wildman–Crippen LogP) is 14.0. The monoisotopic (exact) mass is 685 g/mol. The van der Waals surface area contributed by atoms with Gasteiger partial charge in [0, 0.05) is 32.2 Å². The van der Waals surface area contributed by atoms with E-state index in [2.05, 4.69) is 193 Å². The minimum absolute atomic E-state index is 0.506. The molecule has 0 spiro atoms. The molecule has 0 radical (unpaired) electrons. The highest BCUT2D eigenvalue weighted by atomic mass is 32.2. The van der Waals surface area contributed by atoms with E-state index in [0.717, 1.165) is 33.9 Å². The first-order valence-corrected chi connectivity index (χ1v) is 18.4. The lowest BCUT2D eigenvalue weighted by Crippen LogP contribution is -2.10. The van der Waals surface area contributed by atoms with Crippen molar-refractivity contribution in [3.05, 3.63) is 200 Å². The van der Waals surface area contributed by atoms with Crippen LogP contribution in [-0.4, -0.2) is 0 Å². The quantitative estimate of drug-likeness (QED) is 0.150. The summed E-state index contributed by atoms with van der Waals surface area (Å²) in [6, 6.07) is 65.0. The molecule has 8 aromatic rings. The van der Waals surface area contributed by atoms with Crippen molar-refractivity contribution in [2.24, 2.45) is 0 Å². The van der Waals surface area contributed by atoms with Gasteiger partial charge in [-0.15, -0.1) is 0 Å². The Balaban J connectivity index is 1.03. The molecule has 0 saturated heterocycles. The third-order valence-corrected chi connectivity index (χ3v) is 10.9. The summed E-state index contributed by atoms with van der Waals surface area (Å²) in [6.45, 7) is 4.35. The summed E-state index contributed by atoms with van der Waals surface area (Å²) in [5.74, 6) is 0.829. The van der Waals surface area contributed by atoms with Gasteiger partial charge in [0.15, 0.2) is 0 Å². The van der Waals surface area contributed by atoms with Crippen LogP contribution in [0.3, 0.4) is 0 Å². The Bertz CT molecular complexity index is 2520. The van der Waals surface area contributed by atoms with Crippen molar-refractivity contribution in [3.63, 3.8) is 0 Å². The molecule has 1 aliphatic heterocycles. The van der Waals surface area contributed by atoms with Crippen LogP contribution in [0.15, 0.2) is 198 Å². The first-order valence-electron chi connectivity index (χ1n) is 17.5. The number of fused-ring (bicyclic) bond motifs is 2. The van der Waals surface area contributed by atoms with Gasteiger partial charge in [-0.05, 0) is 117 Å². The molecule has 0 aromatic heterocycles. The van der Waals surface area contributed by atoms with Crippen molar-refractivity contribution >= 4 is 45.7 Å². The molecule has 1 heterocycles. The second-order valence-corrected chi connectivity index (χ2v) is 14.1. The molecule has 248 valence electrons. The number of hydrogen-bond acceptors (Lipinski definition) is 3. The lowest BCUT2D eigenvalue weighted by atomic mass is 9.94. The predicted molar refractivity (Wildman–Crippen MR) is 220 cm³/mol. The highest BCUT2D eigenvalue weighted by molar-refractivity contribution is 7.99. The van der Waals surface area contributed by atoms with Crippen LogP contribution >= 0.6 is 11.8 Å². The topological polar surface area (TPSA) is 12.5 Å². The Kier molecular flexibility index (Phi) is 8.40. The molecule has 0 aliphatic carbocycles. The van der Waals surface area contributed by atoms with E-state index >= 15 is 0 Å². The minimum Gasteiger partial charge on any atom is -0.489 e. The largest absolute Gasteiger partial charge is 0.489 e. The van der Waals surface area contributed by atoms with E-state index in [4.69, 9.17) is 4.74 Å². The molecule has 0 atom stereocenters. The number of hydrogen-bond donors (Lipinski definition) is 0. The third kappa shape index (κ3) is 6.17. The van der Waals surface area contributed by atoms with Gasteiger partial charge >= 0.3 is 0 Å². The molecular weight excluding hydrogens is 651 g/mol. The molecule has 0 unspecified atom stereocenters. The number of ether oxygens (including phenoxy) is 1. The highest BCUT2D eigenvalue weighted by Crippen LogP contribution is 2.49. The van der Waals surface area contributed by atoms with E-state index in [0.29, 0.717) is 6.61 Å². The van der Waals surface area contributed by atoms with Crippen LogP contribution in [0.2, 0.25) is 0 Å². The molecule has 2 nitrogen and oxygen atoms in total. The zero-order chi connectivity index (χ0) is 34.9. The van der Waals surface area contributed by atoms with Gasteiger partial charge in [-0.3, -0.25) is 0 Å². The first-order chi connectivity index (χ1) is 25.7. The second-order valence-electron chi connectivity index (χ2n) is 13.0. The number of rotatable bonds is 9. The third-order valence-electron chi connectivity index (χ3n) is 9.76. The number of anilines is 3. The van der Waals surface area contributed by atoms with E-state index in [9.17, 15) is 0 Å². The van der Waals surface area contributed by atoms with Gasteiger partial charge in [0.2, 0.25) is 0 Å². The molecule has 3 heteroatoms. The van der Waals surface area contributed by atoms with Gasteiger partial charge in [0.05, 0.1) is 0 Å². The number of benzene rings is 8. The van der Waals surface area contributed by atoms with Gasteiger partial charge in [-0.1, -0.05) is 140 Å². The van der Waals surface area contributed by atoms with Crippen LogP contribution < -0.4 is 9.64 Å². The summed E-state index contributed by atoms with van der Waals surface area (Å²) in [4.78, 5) is 4.93. The molecule has 8 aromatic carbocycles. The van der Waals surface area contributed by atoms with E-state index in [1.807, 2.05) is 17.8 Å². The average Bonchev–Trinajstić information content (AvgIpc) is 3.22. The maximum atomic E-state index is 6.17. The average molecular weight is 686 g/mol. The maximum absolute atomic E-state index is 6.17. The molecule has 52 heavy (non-hydrogen) atoms. The SMILES string of the molecule is C=Cc1ccc(COc2ccc(N(c3ccc(-c4ccccc4)cc3)c3ccc(-c4ccc5c(c4)-c4cccc6cccc(c46)S5)cc3)cc2)cc1. The molecule has 0 amide bonds. The lowest BCUT2D eigenvalue weighted by molar-refractivity contribution is 0.306. The van der Waals surface area contributed by atoms with E-state index in [1.54, 1.807) is 0 Å². The summed E-state index contributed by atoms with van der Waals surface area (Å²) in [7, 11) is 0. The molecule has 0 saturated carbocycles. The van der Waals surface area contributed by atoms with E-state index in [1.165, 1.54) is 53.9 Å². The van der Waals surface area contributed by atoms with Gasteiger partial charge in [0.25, 0.3) is 0 Å². The molecule has 0 N–H and O–H groups in total. The van der Waals surface area contributed by atoms with Crippen LogP contribution in [0.4, 0.5) is 17.1 Å². The zero-order valence-corrected chi connectivity index (χ0v) is 29.4. The summed E-state index contributed by atoms with van der Waals surface area (Å²) in [5.41, 5.74) is 12.8. The lowest BCUT2D eigenvalue weighted by Gasteiger charge is -2.26. The van der Waals surface area contributed by atoms with Crippen molar-refractivity contribution in [2.45, 2.75) is 16.4 Å². The minimum atomic E-state index is 0.506. The second kappa shape index (κ2) is 13.8. The van der Waals surface area contributed by atoms with Gasteiger partial charge in [-0.2, -0.15) is 0 Å². The van der Waals surface area contributed by atoms with Crippen LogP contribution in [0.1, 0.15) is 11.1 Å². The summed E-state index contributed by atoms with van der Waals surface area (Å²) >= 11 is 1.87. The van der Waals surface area contributed by atoms with Gasteiger partial charge < -0.3 is 9.64 Å². The number of nitrogens with zero attached hydrogens (tertiary/aromatic N) is 1. The fourth-order valence-electron chi connectivity index (χ4n) is 7.04. The Morgan fingerprint density at radius 3 is 1.77 bits per heavy atom. The van der Waals surface area contributed by atoms with Gasteiger partial charge in [0.1, 0.15) is 12.4 Å². The molecule has 0 fully saturated rings. The van der Waals surface area contributed by atoms with Crippen molar-refractivity contribution < 1.29 is 4.74 Å². The highest BCUT2D eigenvalue weighted by Gasteiger charge is 2.20. The normalized spacial score (nSPS) is 11.5. The van der Waals surface area contributed by atoms with E-state index < -0.39 is 0 Å². The van der Waals surface area contributed by atoms with Crippen LogP contribution in [0, 0.1) is 0 Å². The van der Waals surface area contributed by atoms with Crippen LogP contribution in [-0.2, 0) is 6.61 Å². The Morgan fingerprint density at radius 1 is 0.500 bits per heavy atom. The Morgan fingerprint density at radius 2 is 1.10 bits per heavy atom. The molecule has 1 aliphatic rings. The molecule has 0 bridgehead atoms. The van der Waals surface area contributed by atoms with Crippen LogP contribution in [0.25, 0.3) is 50.2 Å². The van der Waals surface area contributed by atoms with Crippen molar-refractivity contribution in [1.82, 2.24) is 0 Å². The Hall–Kier alpha value is -6.29. The van der Waals surface area contributed by atoms with Crippen molar-refractivity contribution in [3.8, 4) is 39.1 Å². The van der Waals surface area contributed by atoms with Crippen molar-refractivity contribution in [2.75, 3.05) is 4.90 Å². The first kappa shape index (κ1) is 31.7. The van der Waals surface area contributed by atoms with Crippen LogP contribution in [0.5, 0.6) is 5.75 Å². The van der Waals surface area contributed by atoms with E-state index in [-0.39, 0.29) is 0 Å². The van der Waals surface area contributed by atoms with Crippen molar-refractivity contribution in [1.29, 1.82) is 0 Å². The standard InChI is InChI=1S/C49H35NOS/c1-2-34-14-16-35(17-15-34)33-51-44-29-27-43(28-30-44)50(41-23-18-37(19-24-41)36-8-4-3-5-9-36)42-25-20-38(21-26-42)40-22-31-47-46(32-40)45-12-6-10-39-11-7-13-48(52-47)49(39)45/h2-32H,1,33H2. The summed E-state index contributed by atoms with van der Waals surface area (Å²) in [5, 5.41) is 2.64. The fourth-order valence-corrected chi connectivity index (χ4v) is 8.16. The maximum Gasteiger partial charge on any atom is 0.119 e.